The van der Waals surface area contributed by atoms with Gasteiger partial charge < -0.3 is 5.32 Å². The topological polar surface area (TPSA) is 24.9 Å². The standard InChI is InChI=1S/C11H12N2S/c1-2-8-6-11-10(13-4-5-14-11)7-9(8)12-3-1/h1-3,13H,4-7H2. The molecule has 0 fully saturated rings. The Morgan fingerprint density at radius 3 is 3.36 bits per heavy atom. The molecule has 2 aliphatic rings. The molecule has 1 N–H and O–H groups in total. The Morgan fingerprint density at radius 1 is 1.36 bits per heavy atom. The third-order valence-corrected chi connectivity index (χ3v) is 3.88. The van der Waals surface area contributed by atoms with E-state index in [0.717, 1.165) is 19.4 Å². The molecule has 0 bridgehead atoms. The van der Waals surface area contributed by atoms with E-state index in [4.69, 9.17) is 0 Å². The van der Waals surface area contributed by atoms with E-state index in [1.807, 2.05) is 24.0 Å². The highest BCUT2D eigenvalue weighted by Gasteiger charge is 2.20. The lowest BCUT2D eigenvalue weighted by Gasteiger charge is -2.26. The van der Waals surface area contributed by atoms with Crippen LogP contribution in [0.5, 0.6) is 0 Å². The first-order chi connectivity index (χ1) is 6.93. The van der Waals surface area contributed by atoms with Crippen LogP contribution in [-0.2, 0) is 12.8 Å². The molecule has 0 unspecified atom stereocenters. The zero-order chi connectivity index (χ0) is 9.38. The van der Waals surface area contributed by atoms with Crippen molar-refractivity contribution in [3.63, 3.8) is 0 Å². The Labute approximate surface area is 87.8 Å². The maximum absolute atomic E-state index is 4.43. The molecule has 0 spiro atoms. The Kier molecular flexibility index (Phi) is 1.98. The van der Waals surface area contributed by atoms with E-state index in [1.165, 1.54) is 27.6 Å². The van der Waals surface area contributed by atoms with Crippen molar-refractivity contribution in [3.8, 4) is 0 Å². The quantitative estimate of drug-likeness (QED) is 0.696. The number of allylic oxidation sites excluding steroid dienone is 2. The number of rotatable bonds is 0. The number of pyridine rings is 1. The summed E-state index contributed by atoms with van der Waals surface area (Å²) in [5.74, 6) is 1.20. The van der Waals surface area contributed by atoms with Crippen molar-refractivity contribution in [2.45, 2.75) is 12.8 Å². The lowest BCUT2D eigenvalue weighted by molar-refractivity contribution is 0.770. The second-order valence-corrected chi connectivity index (χ2v) is 4.83. The van der Waals surface area contributed by atoms with Crippen molar-refractivity contribution in [3.05, 3.63) is 40.2 Å². The van der Waals surface area contributed by atoms with Crippen LogP contribution in [0.3, 0.4) is 0 Å². The molecule has 1 aromatic heterocycles. The van der Waals surface area contributed by atoms with Crippen molar-refractivity contribution in [2.75, 3.05) is 12.3 Å². The van der Waals surface area contributed by atoms with Crippen LogP contribution in [-0.4, -0.2) is 17.3 Å². The van der Waals surface area contributed by atoms with Gasteiger partial charge in [0.15, 0.2) is 0 Å². The monoisotopic (exact) mass is 204 g/mol. The summed E-state index contributed by atoms with van der Waals surface area (Å²) >= 11 is 2.00. The van der Waals surface area contributed by atoms with Crippen LogP contribution in [0.2, 0.25) is 0 Å². The SMILES string of the molecule is c1cnc2c(c1)CC1=C(C2)NCCS1. The molecular formula is C11H12N2S. The molecule has 0 radical (unpaired) electrons. The molecule has 14 heavy (non-hydrogen) atoms. The third kappa shape index (κ3) is 1.32. The number of nitrogens with zero attached hydrogens (tertiary/aromatic N) is 1. The van der Waals surface area contributed by atoms with Crippen LogP contribution in [0.1, 0.15) is 11.3 Å². The van der Waals surface area contributed by atoms with E-state index in [-0.39, 0.29) is 0 Å². The summed E-state index contributed by atoms with van der Waals surface area (Å²) in [6, 6.07) is 4.23. The molecule has 1 aliphatic carbocycles. The Bertz CT molecular complexity index is 361. The van der Waals surface area contributed by atoms with Crippen LogP contribution >= 0.6 is 11.8 Å². The van der Waals surface area contributed by atoms with Crippen LogP contribution in [0, 0.1) is 0 Å². The van der Waals surface area contributed by atoms with Crippen molar-refractivity contribution in [1.82, 2.24) is 10.3 Å². The minimum Gasteiger partial charge on any atom is -0.387 e. The number of thioether (sulfide) groups is 1. The lowest BCUT2D eigenvalue weighted by Crippen LogP contribution is -2.27. The summed E-state index contributed by atoms with van der Waals surface area (Å²) < 4.78 is 0. The zero-order valence-corrected chi connectivity index (χ0v) is 8.73. The van der Waals surface area contributed by atoms with Crippen LogP contribution in [0.25, 0.3) is 0 Å². The normalized spacial score (nSPS) is 19.7. The Morgan fingerprint density at radius 2 is 2.36 bits per heavy atom. The van der Waals surface area contributed by atoms with Crippen LogP contribution in [0.4, 0.5) is 0 Å². The molecule has 0 amide bonds. The second kappa shape index (κ2) is 3.31. The van der Waals surface area contributed by atoms with Crippen molar-refractivity contribution in [1.29, 1.82) is 0 Å². The summed E-state index contributed by atoms with van der Waals surface area (Å²) in [7, 11) is 0. The predicted molar refractivity (Wildman–Crippen MR) is 59.1 cm³/mol. The molecule has 1 aromatic rings. The smallest absolute Gasteiger partial charge is 0.0497 e. The number of aromatic nitrogens is 1. The molecular weight excluding hydrogens is 192 g/mol. The zero-order valence-electron chi connectivity index (χ0n) is 7.92. The number of nitrogens with one attached hydrogen (secondary N) is 1. The lowest BCUT2D eigenvalue weighted by atomic mass is 9.99. The first-order valence-electron chi connectivity index (χ1n) is 4.95. The van der Waals surface area contributed by atoms with Crippen LogP contribution in [0.15, 0.2) is 28.9 Å². The molecule has 3 heteroatoms. The molecule has 72 valence electrons. The average Bonchev–Trinajstić information content (AvgIpc) is 2.26. The van der Waals surface area contributed by atoms with Crippen molar-refractivity contribution in [2.24, 2.45) is 0 Å². The highest BCUT2D eigenvalue weighted by Crippen LogP contribution is 2.32. The Balaban J connectivity index is 1.99. The molecule has 0 atom stereocenters. The average molecular weight is 204 g/mol. The minimum absolute atomic E-state index is 0.999. The fraction of sp³-hybridized carbons (Fsp3) is 0.364. The van der Waals surface area contributed by atoms with E-state index in [1.54, 1.807) is 0 Å². The largest absolute Gasteiger partial charge is 0.387 e. The summed E-state index contributed by atoms with van der Waals surface area (Å²) in [5.41, 5.74) is 4.07. The van der Waals surface area contributed by atoms with Crippen LogP contribution < -0.4 is 5.32 Å². The molecule has 0 saturated carbocycles. The summed E-state index contributed by atoms with van der Waals surface area (Å²) in [6.07, 6.45) is 3.97. The van der Waals surface area contributed by atoms with Gasteiger partial charge in [-0.3, -0.25) is 4.98 Å². The van der Waals surface area contributed by atoms with Gasteiger partial charge in [-0.05, 0) is 11.6 Å². The Hall–Kier alpha value is -0.960. The fourth-order valence-corrected chi connectivity index (χ4v) is 3.04. The maximum atomic E-state index is 4.43. The van der Waals surface area contributed by atoms with E-state index < -0.39 is 0 Å². The molecule has 3 rings (SSSR count). The van der Waals surface area contributed by atoms with Gasteiger partial charge in [-0.2, -0.15) is 0 Å². The van der Waals surface area contributed by atoms with Gasteiger partial charge in [-0.15, -0.1) is 11.8 Å². The second-order valence-electron chi connectivity index (χ2n) is 3.64. The van der Waals surface area contributed by atoms with Gasteiger partial charge in [0, 0.05) is 47.6 Å². The maximum Gasteiger partial charge on any atom is 0.0497 e. The summed E-state index contributed by atoms with van der Waals surface area (Å²) in [6.45, 7) is 1.10. The molecule has 0 saturated heterocycles. The third-order valence-electron chi connectivity index (χ3n) is 2.73. The first-order valence-corrected chi connectivity index (χ1v) is 5.93. The summed E-state index contributed by atoms with van der Waals surface area (Å²) in [5, 5.41) is 3.48. The highest BCUT2D eigenvalue weighted by molar-refractivity contribution is 8.03. The van der Waals surface area contributed by atoms with Gasteiger partial charge >= 0.3 is 0 Å². The van der Waals surface area contributed by atoms with Gasteiger partial charge in [0.2, 0.25) is 0 Å². The van der Waals surface area contributed by atoms with Gasteiger partial charge in [0.25, 0.3) is 0 Å². The number of hydrogen-bond donors (Lipinski definition) is 1. The van der Waals surface area contributed by atoms with E-state index >= 15 is 0 Å². The molecule has 1 aliphatic heterocycles. The van der Waals surface area contributed by atoms with Gasteiger partial charge in [-0.1, -0.05) is 6.07 Å². The van der Waals surface area contributed by atoms with E-state index in [0.29, 0.717) is 0 Å². The van der Waals surface area contributed by atoms with Gasteiger partial charge in [0.1, 0.15) is 0 Å². The predicted octanol–water partition coefficient (Wildman–Crippen LogP) is 1.73. The van der Waals surface area contributed by atoms with Crippen molar-refractivity contribution >= 4 is 11.8 Å². The van der Waals surface area contributed by atoms with Gasteiger partial charge in [0.05, 0.1) is 0 Å². The molecule has 2 nitrogen and oxygen atoms in total. The number of hydrogen-bond acceptors (Lipinski definition) is 3. The number of fused-ring (bicyclic) bond motifs is 1. The first kappa shape index (κ1) is 8.36. The van der Waals surface area contributed by atoms with Gasteiger partial charge in [-0.25, -0.2) is 0 Å². The van der Waals surface area contributed by atoms with Crippen molar-refractivity contribution < 1.29 is 0 Å². The minimum atomic E-state index is 0.999. The molecule has 0 aromatic carbocycles. The van der Waals surface area contributed by atoms with E-state index in [2.05, 4.69) is 16.4 Å². The summed E-state index contributed by atoms with van der Waals surface area (Å²) in [4.78, 5) is 5.95. The highest BCUT2D eigenvalue weighted by atomic mass is 32.2. The fourth-order valence-electron chi connectivity index (χ4n) is 2.01. The van der Waals surface area contributed by atoms with E-state index in [9.17, 15) is 0 Å². The molecule has 2 heterocycles.